The van der Waals surface area contributed by atoms with Gasteiger partial charge in [0.05, 0.1) is 18.5 Å². The third-order valence-electron chi connectivity index (χ3n) is 1.86. The lowest BCUT2D eigenvalue weighted by Gasteiger charge is -2.06. The molecule has 5 heteroatoms. The van der Waals surface area contributed by atoms with Crippen molar-refractivity contribution < 1.29 is 13.2 Å². The molecule has 0 heterocycles. The second-order valence-corrected chi connectivity index (χ2v) is 5.69. The third-order valence-corrected chi connectivity index (χ3v) is 3.82. The first kappa shape index (κ1) is 11.7. The van der Waals surface area contributed by atoms with Crippen LogP contribution in [-0.2, 0) is 14.8 Å². The molecule has 14 heavy (non-hydrogen) atoms. The summed E-state index contributed by atoms with van der Waals surface area (Å²) in [6.07, 6.45) is 1.59. The molecular weight excluding hydrogens is 202 g/mol. The molecule has 4 nitrogen and oxygen atoms in total. The first-order valence-corrected chi connectivity index (χ1v) is 6.27. The molecule has 0 bridgehead atoms. The fourth-order valence-electron chi connectivity index (χ4n) is 0.999. The summed E-state index contributed by atoms with van der Waals surface area (Å²) in [6.45, 7) is 6.79. The molecule has 0 aromatic heterocycles. The quantitative estimate of drug-likeness (QED) is 0.505. The highest BCUT2D eigenvalue weighted by Crippen LogP contribution is 2.27. The summed E-state index contributed by atoms with van der Waals surface area (Å²) >= 11 is 0. The van der Waals surface area contributed by atoms with Crippen LogP contribution in [0.5, 0.6) is 0 Å². The molecule has 0 saturated heterocycles. The number of hydrogen-bond acceptors (Lipinski definition) is 3. The Hall–Kier alpha value is -0.390. The third kappa shape index (κ3) is 4.21. The summed E-state index contributed by atoms with van der Waals surface area (Å²) in [5, 5.41) is -0.149. The van der Waals surface area contributed by atoms with Crippen LogP contribution in [0.4, 0.5) is 0 Å². The molecule has 1 aliphatic rings. The maximum Gasteiger partial charge on any atom is 0.214 e. The van der Waals surface area contributed by atoms with Crippen LogP contribution >= 0.6 is 0 Å². The summed E-state index contributed by atoms with van der Waals surface area (Å²) in [5.41, 5.74) is 0.940. The topological polar surface area (TPSA) is 55.4 Å². The Morgan fingerprint density at radius 3 is 2.71 bits per heavy atom. The molecule has 0 aromatic carbocycles. The summed E-state index contributed by atoms with van der Waals surface area (Å²) in [4.78, 5) is 0. The van der Waals surface area contributed by atoms with Crippen LogP contribution < -0.4 is 4.72 Å². The summed E-state index contributed by atoms with van der Waals surface area (Å²) in [7, 11) is -3.04. The average molecular weight is 219 g/mol. The summed E-state index contributed by atoms with van der Waals surface area (Å²) < 4.78 is 30.3. The Bertz CT molecular complexity index is 293. The second-order valence-electron chi connectivity index (χ2n) is 3.65. The van der Waals surface area contributed by atoms with Crippen molar-refractivity contribution in [2.45, 2.75) is 25.0 Å². The molecule has 1 saturated carbocycles. The standard InChI is InChI=1S/C9H17NO3S/c1-8(2)7-13-6-5-10-14(11,12)9-3-4-9/h9-10H,1,3-7H2,2H3. The minimum Gasteiger partial charge on any atom is -0.376 e. The van der Waals surface area contributed by atoms with Gasteiger partial charge in [-0.2, -0.15) is 0 Å². The SMILES string of the molecule is C=C(C)COCCNS(=O)(=O)C1CC1. The normalized spacial score (nSPS) is 16.9. The van der Waals surface area contributed by atoms with Gasteiger partial charge in [0.15, 0.2) is 0 Å². The lowest BCUT2D eigenvalue weighted by Crippen LogP contribution is -2.30. The first-order valence-electron chi connectivity index (χ1n) is 4.73. The monoisotopic (exact) mass is 219 g/mol. The molecule has 1 N–H and O–H groups in total. The molecular formula is C9H17NO3S. The van der Waals surface area contributed by atoms with E-state index in [9.17, 15) is 8.42 Å². The molecule has 1 aliphatic carbocycles. The van der Waals surface area contributed by atoms with Gasteiger partial charge in [0.1, 0.15) is 0 Å². The zero-order valence-corrected chi connectivity index (χ0v) is 9.27. The van der Waals surface area contributed by atoms with Crippen LogP contribution in [-0.4, -0.2) is 33.4 Å². The van der Waals surface area contributed by atoms with Crippen LogP contribution in [0.25, 0.3) is 0 Å². The van der Waals surface area contributed by atoms with Crippen molar-refractivity contribution in [3.05, 3.63) is 12.2 Å². The second kappa shape index (κ2) is 4.91. The van der Waals surface area contributed by atoms with Crippen molar-refractivity contribution in [3.63, 3.8) is 0 Å². The molecule has 0 spiro atoms. The van der Waals surface area contributed by atoms with Gasteiger partial charge in [0.25, 0.3) is 0 Å². The Balaban J connectivity index is 2.06. The van der Waals surface area contributed by atoms with E-state index in [1.54, 1.807) is 0 Å². The fourth-order valence-corrected chi connectivity index (χ4v) is 2.36. The lowest BCUT2D eigenvalue weighted by atomic mass is 10.4. The Labute approximate surface area is 85.4 Å². The van der Waals surface area contributed by atoms with E-state index in [-0.39, 0.29) is 5.25 Å². The summed E-state index contributed by atoms with van der Waals surface area (Å²) in [5.74, 6) is 0. The van der Waals surface area contributed by atoms with E-state index in [1.165, 1.54) is 0 Å². The van der Waals surface area contributed by atoms with E-state index >= 15 is 0 Å². The number of ether oxygens (including phenoxy) is 1. The van der Waals surface area contributed by atoms with E-state index in [2.05, 4.69) is 11.3 Å². The van der Waals surface area contributed by atoms with Gasteiger partial charge in [-0.05, 0) is 19.8 Å². The van der Waals surface area contributed by atoms with Crippen molar-refractivity contribution >= 4 is 10.0 Å². The largest absolute Gasteiger partial charge is 0.376 e. The van der Waals surface area contributed by atoms with E-state index < -0.39 is 10.0 Å². The van der Waals surface area contributed by atoms with Crippen molar-refractivity contribution in [2.75, 3.05) is 19.8 Å². The highest BCUT2D eigenvalue weighted by atomic mass is 32.2. The highest BCUT2D eigenvalue weighted by molar-refractivity contribution is 7.90. The molecule has 0 aromatic rings. The van der Waals surface area contributed by atoms with Gasteiger partial charge in [-0.1, -0.05) is 12.2 Å². The van der Waals surface area contributed by atoms with Gasteiger partial charge in [0.2, 0.25) is 10.0 Å². The number of nitrogens with one attached hydrogen (secondary N) is 1. The van der Waals surface area contributed by atoms with Crippen molar-refractivity contribution in [3.8, 4) is 0 Å². The Kier molecular flexibility index (Phi) is 4.10. The van der Waals surface area contributed by atoms with Gasteiger partial charge in [0, 0.05) is 6.54 Å². The number of sulfonamides is 1. The highest BCUT2D eigenvalue weighted by Gasteiger charge is 2.35. The minimum absolute atomic E-state index is 0.149. The van der Waals surface area contributed by atoms with Crippen molar-refractivity contribution in [1.82, 2.24) is 4.72 Å². The van der Waals surface area contributed by atoms with E-state index in [0.717, 1.165) is 18.4 Å². The van der Waals surface area contributed by atoms with Gasteiger partial charge in [-0.3, -0.25) is 0 Å². The zero-order chi connectivity index (χ0) is 10.6. The van der Waals surface area contributed by atoms with Gasteiger partial charge in [-0.25, -0.2) is 13.1 Å². The summed E-state index contributed by atoms with van der Waals surface area (Å²) in [6, 6.07) is 0. The van der Waals surface area contributed by atoms with Gasteiger partial charge in [-0.15, -0.1) is 0 Å². The van der Waals surface area contributed by atoms with Crippen LogP contribution in [0, 0.1) is 0 Å². The van der Waals surface area contributed by atoms with E-state index in [1.807, 2.05) is 6.92 Å². The van der Waals surface area contributed by atoms with Gasteiger partial charge >= 0.3 is 0 Å². The van der Waals surface area contributed by atoms with Crippen molar-refractivity contribution in [1.29, 1.82) is 0 Å². The molecule has 0 radical (unpaired) electrons. The number of hydrogen-bond donors (Lipinski definition) is 1. The maximum absolute atomic E-state index is 11.3. The van der Waals surface area contributed by atoms with Crippen LogP contribution in [0.3, 0.4) is 0 Å². The Morgan fingerprint density at radius 2 is 2.21 bits per heavy atom. The molecule has 82 valence electrons. The van der Waals surface area contributed by atoms with E-state index in [4.69, 9.17) is 4.74 Å². The molecule has 1 rings (SSSR count). The van der Waals surface area contributed by atoms with Crippen LogP contribution in [0.2, 0.25) is 0 Å². The fraction of sp³-hybridized carbons (Fsp3) is 0.778. The zero-order valence-electron chi connectivity index (χ0n) is 8.45. The molecule has 0 aliphatic heterocycles. The predicted molar refractivity (Wildman–Crippen MR) is 55.6 cm³/mol. The molecule has 1 fully saturated rings. The molecule has 0 atom stereocenters. The van der Waals surface area contributed by atoms with Gasteiger partial charge < -0.3 is 4.74 Å². The number of rotatable bonds is 7. The van der Waals surface area contributed by atoms with E-state index in [0.29, 0.717) is 19.8 Å². The van der Waals surface area contributed by atoms with Crippen molar-refractivity contribution in [2.24, 2.45) is 0 Å². The molecule has 0 amide bonds. The van der Waals surface area contributed by atoms with Crippen LogP contribution in [0.15, 0.2) is 12.2 Å². The molecule has 0 unspecified atom stereocenters. The first-order chi connectivity index (χ1) is 6.52. The predicted octanol–water partition coefficient (Wildman–Crippen LogP) is 0.661. The minimum atomic E-state index is -3.04. The lowest BCUT2D eigenvalue weighted by molar-refractivity contribution is 0.162. The Morgan fingerprint density at radius 1 is 1.57 bits per heavy atom. The maximum atomic E-state index is 11.3. The average Bonchev–Trinajstić information content (AvgIpc) is 2.84. The smallest absolute Gasteiger partial charge is 0.214 e. The van der Waals surface area contributed by atoms with Crippen LogP contribution in [0.1, 0.15) is 19.8 Å².